The number of anilines is 1. The van der Waals surface area contributed by atoms with Crippen LogP contribution in [0.3, 0.4) is 0 Å². The number of benzene rings is 3. The first-order valence-corrected chi connectivity index (χ1v) is 15.8. The van der Waals surface area contributed by atoms with Crippen LogP contribution in [-0.4, -0.2) is 57.8 Å². The van der Waals surface area contributed by atoms with Crippen LogP contribution in [0.2, 0.25) is 0 Å². The molecular formula is C33H35F3N6O3S. The quantitative estimate of drug-likeness (QED) is 0.197. The molecule has 1 aliphatic rings. The molecule has 1 fully saturated rings. The Hall–Kier alpha value is -4.52. The Morgan fingerprint density at radius 3 is 2.35 bits per heavy atom. The second-order valence-corrected chi connectivity index (χ2v) is 12.2. The second kappa shape index (κ2) is 13.9. The molecule has 242 valence electrons. The van der Waals surface area contributed by atoms with Gasteiger partial charge in [0.15, 0.2) is 11.0 Å². The van der Waals surface area contributed by atoms with E-state index in [1.54, 1.807) is 18.9 Å². The maximum Gasteiger partial charge on any atom is 0.573 e. The molecule has 2 heterocycles. The lowest BCUT2D eigenvalue weighted by molar-refractivity contribution is -0.274. The van der Waals surface area contributed by atoms with Crippen molar-refractivity contribution in [1.82, 2.24) is 20.1 Å². The summed E-state index contributed by atoms with van der Waals surface area (Å²) in [4.78, 5) is 23.9. The summed E-state index contributed by atoms with van der Waals surface area (Å²) in [7, 11) is 1.65. The number of rotatable bonds is 9. The number of methoxy groups -OCH3 is 1. The van der Waals surface area contributed by atoms with Gasteiger partial charge in [0.25, 0.3) is 0 Å². The van der Waals surface area contributed by atoms with E-state index in [1.807, 2.05) is 56.3 Å². The number of carbonyl (C=O) groups excluding carboxylic acids is 1. The summed E-state index contributed by atoms with van der Waals surface area (Å²) in [5, 5.41) is 8.17. The van der Waals surface area contributed by atoms with E-state index in [0.29, 0.717) is 16.7 Å². The van der Waals surface area contributed by atoms with Gasteiger partial charge in [0.05, 0.1) is 12.8 Å². The fourth-order valence-electron chi connectivity index (χ4n) is 5.07. The summed E-state index contributed by atoms with van der Waals surface area (Å²) in [6.07, 6.45) is -3.26. The van der Waals surface area contributed by atoms with Crippen molar-refractivity contribution in [3.05, 3.63) is 84.2 Å². The highest BCUT2D eigenvalue weighted by atomic mass is 32.2. The van der Waals surface area contributed by atoms with Gasteiger partial charge in [0.1, 0.15) is 17.8 Å². The predicted molar refractivity (Wildman–Crippen MR) is 174 cm³/mol. The maximum atomic E-state index is 13.0. The first-order valence-electron chi connectivity index (χ1n) is 14.8. The van der Waals surface area contributed by atoms with Crippen molar-refractivity contribution in [2.75, 3.05) is 24.3 Å². The Bertz CT molecular complexity index is 1690. The van der Waals surface area contributed by atoms with Crippen LogP contribution >= 0.6 is 11.8 Å². The van der Waals surface area contributed by atoms with E-state index >= 15 is 0 Å². The largest absolute Gasteiger partial charge is 0.573 e. The van der Waals surface area contributed by atoms with Gasteiger partial charge in [0, 0.05) is 35.5 Å². The number of aliphatic imine (C=N–C) groups is 1. The lowest BCUT2D eigenvalue weighted by Gasteiger charge is -2.24. The lowest BCUT2D eigenvalue weighted by Crippen LogP contribution is -2.36. The zero-order valence-electron chi connectivity index (χ0n) is 26.1. The molecule has 0 saturated carbocycles. The summed E-state index contributed by atoms with van der Waals surface area (Å²) in [6, 6.07) is 18.5. The number of alkyl halides is 3. The zero-order valence-corrected chi connectivity index (χ0v) is 26.9. The highest BCUT2D eigenvalue weighted by molar-refractivity contribution is 8.14. The number of carbonyl (C=O) groups is 1. The molecule has 2 amide bonds. The SMILES string of the molecule is COc1ccc(N2CCS/C2=N\C(=O)NC(C)C(C)c2ccc(-c3ncn(-c4ccc(OC(F)(F)F)cc4)n3)cc2)c(C(C)C)c1. The third-order valence-corrected chi connectivity index (χ3v) is 8.70. The number of urea groups is 1. The highest BCUT2D eigenvalue weighted by Crippen LogP contribution is 2.35. The fourth-order valence-corrected chi connectivity index (χ4v) is 6.02. The summed E-state index contributed by atoms with van der Waals surface area (Å²) < 4.78 is 48.2. The third-order valence-electron chi connectivity index (χ3n) is 7.74. The van der Waals surface area contributed by atoms with Crippen LogP contribution in [0.25, 0.3) is 17.1 Å². The van der Waals surface area contributed by atoms with E-state index in [4.69, 9.17) is 4.74 Å². The van der Waals surface area contributed by atoms with E-state index < -0.39 is 12.4 Å². The van der Waals surface area contributed by atoms with Crippen LogP contribution in [0.15, 0.2) is 78.0 Å². The van der Waals surface area contributed by atoms with Gasteiger partial charge in [-0.3, -0.25) is 0 Å². The van der Waals surface area contributed by atoms with E-state index in [9.17, 15) is 18.0 Å². The molecule has 0 aliphatic carbocycles. The number of amides is 2. The number of aromatic nitrogens is 3. The van der Waals surface area contributed by atoms with Crippen molar-refractivity contribution in [3.63, 3.8) is 0 Å². The summed E-state index contributed by atoms with van der Waals surface area (Å²) >= 11 is 1.56. The van der Waals surface area contributed by atoms with Gasteiger partial charge in [-0.15, -0.1) is 18.3 Å². The molecule has 2 unspecified atom stereocenters. The van der Waals surface area contributed by atoms with Gasteiger partial charge in [-0.25, -0.2) is 14.5 Å². The van der Waals surface area contributed by atoms with Crippen molar-refractivity contribution < 1.29 is 27.4 Å². The van der Waals surface area contributed by atoms with Crippen molar-refractivity contribution in [2.45, 2.75) is 51.9 Å². The van der Waals surface area contributed by atoms with E-state index in [1.165, 1.54) is 35.3 Å². The van der Waals surface area contributed by atoms with Gasteiger partial charge >= 0.3 is 12.4 Å². The average molecular weight is 653 g/mol. The number of thioether (sulfide) groups is 1. The van der Waals surface area contributed by atoms with Gasteiger partial charge in [-0.05, 0) is 66.4 Å². The van der Waals surface area contributed by atoms with Crippen LogP contribution in [0.1, 0.15) is 50.7 Å². The number of nitrogens with zero attached hydrogens (tertiary/aromatic N) is 5. The van der Waals surface area contributed by atoms with Crippen LogP contribution in [0, 0.1) is 0 Å². The number of hydrogen-bond donors (Lipinski definition) is 1. The van der Waals surface area contributed by atoms with Crippen molar-refractivity contribution in [1.29, 1.82) is 0 Å². The van der Waals surface area contributed by atoms with Crippen molar-refractivity contribution in [3.8, 4) is 28.6 Å². The molecule has 1 saturated heterocycles. The fraction of sp³-hybridized carbons (Fsp3) is 0.333. The zero-order chi connectivity index (χ0) is 33.0. The standard InChI is InChI=1S/C33H35F3N6O3S/c1-20(2)28-18-27(44-5)14-15-29(28)41-16-17-46-32(41)39-31(43)38-22(4)21(3)23-6-8-24(9-7-23)30-37-19-42(40-30)25-10-12-26(13-11-25)45-33(34,35)36/h6-15,18-22H,16-17H2,1-5H3,(H,38,43)/b39-32-. The Morgan fingerprint density at radius 2 is 1.70 bits per heavy atom. The van der Waals surface area contributed by atoms with Crippen LogP contribution < -0.4 is 19.7 Å². The van der Waals surface area contributed by atoms with E-state index in [0.717, 1.165) is 40.4 Å². The molecule has 2 atom stereocenters. The Labute approximate surface area is 269 Å². The molecule has 4 aromatic rings. The smallest absolute Gasteiger partial charge is 0.497 e. The Balaban J connectivity index is 1.22. The van der Waals surface area contributed by atoms with Gasteiger partial charge in [-0.1, -0.05) is 56.8 Å². The molecule has 1 aliphatic heterocycles. The molecule has 5 rings (SSSR count). The molecular weight excluding hydrogens is 617 g/mol. The van der Waals surface area contributed by atoms with Crippen LogP contribution in [0.5, 0.6) is 11.5 Å². The third kappa shape index (κ3) is 7.82. The van der Waals surface area contributed by atoms with Crippen LogP contribution in [-0.2, 0) is 0 Å². The van der Waals surface area contributed by atoms with E-state index in [-0.39, 0.29) is 23.6 Å². The molecule has 3 aromatic carbocycles. The number of ether oxygens (including phenoxy) is 2. The van der Waals surface area contributed by atoms with E-state index in [2.05, 4.69) is 43.9 Å². The molecule has 0 bridgehead atoms. The van der Waals surface area contributed by atoms with Crippen LogP contribution in [0.4, 0.5) is 23.7 Å². The number of halogens is 3. The van der Waals surface area contributed by atoms with Gasteiger partial charge in [-0.2, -0.15) is 4.99 Å². The summed E-state index contributed by atoms with van der Waals surface area (Å²) in [5.74, 6) is 2.04. The first-order chi connectivity index (χ1) is 21.9. The molecule has 0 radical (unpaired) electrons. The first kappa shape index (κ1) is 32.9. The minimum Gasteiger partial charge on any atom is -0.497 e. The molecule has 9 nitrogen and oxygen atoms in total. The van der Waals surface area contributed by atoms with Crippen molar-refractivity contribution >= 4 is 28.6 Å². The topological polar surface area (TPSA) is 93.9 Å². The maximum absolute atomic E-state index is 13.0. The monoisotopic (exact) mass is 652 g/mol. The summed E-state index contributed by atoms with van der Waals surface area (Å²) in [5.41, 5.74) is 4.49. The number of amidine groups is 1. The normalized spacial score (nSPS) is 15.7. The molecule has 1 N–H and O–H groups in total. The minimum atomic E-state index is -4.75. The Kier molecular flexibility index (Phi) is 9.90. The van der Waals surface area contributed by atoms with Gasteiger partial charge < -0.3 is 19.7 Å². The molecule has 13 heteroatoms. The number of nitrogens with one attached hydrogen (secondary N) is 1. The number of hydrogen-bond acceptors (Lipinski definition) is 6. The molecule has 1 aromatic heterocycles. The second-order valence-electron chi connectivity index (χ2n) is 11.2. The average Bonchev–Trinajstić information content (AvgIpc) is 3.70. The van der Waals surface area contributed by atoms with Gasteiger partial charge in [0.2, 0.25) is 0 Å². The summed E-state index contributed by atoms with van der Waals surface area (Å²) in [6.45, 7) is 9.01. The minimum absolute atomic E-state index is 0.0115. The molecule has 46 heavy (non-hydrogen) atoms. The Morgan fingerprint density at radius 1 is 1.00 bits per heavy atom. The predicted octanol–water partition coefficient (Wildman–Crippen LogP) is 7.78. The molecule has 0 spiro atoms. The van der Waals surface area contributed by atoms with Crippen molar-refractivity contribution in [2.24, 2.45) is 4.99 Å². The highest BCUT2D eigenvalue weighted by Gasteiger charge is 2.31. The lowest BCUT2D eigenvalue weighted by atomic mass is 9.93.